The first kappa shape index (κ1) is 15.1. The first-order valence-corrected chi connectivity index (χ1v) is 6.96. The van der Waals surface area contributed by atoms with Gasteiger partial charge in [-0.05, 0) is 36.4 Å². The number of carbonyl (C=O) groups excluding carboxylic acids is 2. The van der Waals surface area contributed by atoms with Crippen molar-refractivity contribution >= 4 is 34.8 Å². The number of phenols is 1. The number of rotatable bonds is 3. The molecule has 0 aliphatic carbocycles. The first-order valence-electron chi connectivity index (χ1n) is 6.58. The molecule has 0 radical (unpaired) electrons. The Bertz CT molecular complexity index is 833. The summed E-state index contributed by atoms with van der Waals surface area (Å²) < 4.78 is 13.0. The molecule has 0 saturated heterocycles. The Kier molecular flexibility index (Phi) is 3.75. The van der Waals surface area contributed by atoms with Crippen molar-refractivity contribution < 1.29 is 19.1 Å². The summed E-state index contributed by atoms with van der Waals surface area (Å²) in [5.41, 5.74) is 0.291. The Hall–Kier alpha value is -2.86. The van der Waals surface area contributed by atoms with Gasteiger partial charge in [0.15, 0.2) is 0 Å². The topological polar surface area (TPSA) is 69.6 Å². The minimum absolute atomic E-state index is 0.0926. The van der Waals surface area contributed by atoms with Crippen molar-refractivity contribution in [3.8, 4) is 5.75 Å². The van der Waals surface area contributed by atoms with Gasteiger partial charge < -0.3 is 10.4 Å². The summed E-state index contributed by atoms with van der Waals surface area (Å²) in [5.74, 6) is -1.99. The highest BCUT2D eigenvalue weighted by molar-refractivity contribution is 6.53. The van der Waals surface area contributed by atoms with E-state index in [4.69, 9.17) is 11.6 Å². The largest absolute Gasteiger partial charge is 0.506 e. The molecule has 3 rings (SSSR count). The van der Waals surface area contributed by atoms with Gasteiger partial charge in [0.2, 0.25) is 0 Å². The van der Waals surface area contributed by atoms with Crippen LogP contribution in [-0.2, 0) is 9.59 Å². The maximum absolute atomic E-state index is 13.0. The van der Waals surface area contributed by atoms with E-state index < -0.39 is 17.6 Å². The average Bonchev–Trinajstić information content (AvgIpc) is 2.74. The van der Waals surface area contributed by atoms with E-state index in [1.54, 1.807) is 12.1 Å². The maximum atomic E-state index is 13.0. The summed E-state index contributed by atoms with van der Waals surface area (Å²) in [6.07, 6.45) is 0. The number of phenolic OH excluding ortho intramolecular Hbond substituents is 1. The number of hydrogen-bond donors (Lipinski definition) is 2. The summed E-state index contributed by atoms with van der Waals surface area (Å²) in [4.78, 5) is 25.5. The van der Waals surface area contributed by atoms with Crippen LogP contribution < -0.4 is 10.2 Å². The molecule has 0 atom stereocenters. The van der Waals surface area contributed by atoms with E-state index in [1.165, 1.54) is 24.3 Å². The fraction of sp³-hybridized carbons (Fsp3) is 0. The van der Waals surface area contributed by atoms with Gasteiger partial charge in [0.1, 0.15) is 22.3 Å². The van der Waals surface area contributed by atoms with Crippen LogP contribution >= 0.6 is 11.6 Å². The fourth-order valence-corrected chi connectivity index (χ4v) is 2.36. The Morgan fingerprint density at radius 1 is 1.00 bits per heavy atom. The first-order chi connectivity index (χ1) is 11.0. The summed E-state index contributed by atoms with van der Waals surface area (Å²) in [7, 11) is 0. The lowest BCUT2D eigenvalue weighted by molar-refractivity contribution is -0.120. The molecule has 0 bridgehead atoms. The van der Waals surface area contributed by atoms with Crippen LogP contribution in [0.1, 0.15) is 0 Å². The third-order valence-corrected chi connectivity index (χ3v) is 3.63. The smallest absolute Gasteiger partial charge is 0.283 e. The molecule has 2 amide bonds. The van der Waals surface area contributed by atoms with Crippen molar-refractivity contribution in [3.63, 3.8) is 0 Å². The zero-order valence-electron chi connectivity index (χ0n) is 11.6. The SMILES string of the molecule is O=C1C(Cl)=C(Nc2ccccc2O)C(=O)N1c1ccc(F)cc1. The molecule has 0 aromatic heterocycles. The highest BCUT2D eigenvalue weighted by atomic mass is 35.5. The summed E-state index contributed by atoms with van der Waals surface area (Å²) in [6.45, 7) is 0. The molecule has 0 fully saturated rings. The fourth-order valence-electron chi connectivity index (χ4n) is 2.15. The summed E-state index contributed by atoms with van der Waals surface area (Å²) in [5, 5.41) is 12.1. The number of halogens is 2. The molecule has 2 N–H and O–H groups in total. The Labute approximate surface area is 135 Å². The van der Waals surface area contributed by atoms with Crippen LogP contribution in [0, 0.1) is 5.82 Å². The highest BCUT2D eigenvalue weighted by Gasteiger charge is 2.39. The maximum Gasteiger partial charge on any atom is 0.283 e. The third-order valence-electron chi connectivity index (χ3n) is 3.28. The Morgan fingerprint density at radius 3 is 2.30 bits per heavy atom. The van der Waals surface area contributed by atoms with E-state index in [2.05, 4.69) is 5.32 Å². The number of aromatic hydroxyl groups is 1. The van der Waals surface area contributed by atoms with Crippen molar-refractivity contribution in [2.24, 2.45) is 0 Å². The third kappa shape index (κ3) is 2.64. The van der Waals surface area contributed by atoms with Crippen LogP contribution in [0.3, 0.4) is 0 Å². The monoisotopic (exact) mass is 332 g/mol. The van der Waals surface area contributed by atoms with E-state index in [0.717, 1.165) is 17.0 Å². The molecule has 116 valence electrons. The number of benzene rings is 2. The van der Waals surface area contributed by atoms with E-state index in [1.807, 2.05) is 0 Å². The van der Waals surface area contributed by atoms with Gasteiger partial charge in [0, 0.05) is 0 Å². The van der Waals surface area contributed by atoms with Crippen molar-refractivity contribution in [2.45, 2.75) is 0 Å². The summed E-state index contributed by atoms with van der Waals surface area (Å²) in [6, 6.07) is 11.1. The van der Waals surface area contributed by atoms with Gasteiger partial charge >= 0.3 is 0 Å². The number of nitrogens with zero attached hydrogens (tertiary/aromatic N) is 1. The number of nitrogens with one attached hydrogen (secondary N) is 1. The number of anilines is 2. The minimum Gasteiger partial charge on any atom is -0.506 e. The van der Waals surface area contributed by atoms with Crippen LogP contribution in [0.4, 0.5) is 15.8 Å². The molecule has 1 aliphatic heterocycles. The van der Waals surface area contributed by atoms with Crippen LogP contribution in [0.5, 0.6) is 5.75 Å². The minimum atomic E-state index is -0.721. The predicted octanol–water partition coefficient (Wildman–Crippen LogP) is 2.97. The van der Waals surface area contributed by atoms with Crippen LogP contribution in [-0.4, -0.2) is 16.9 Å². The molecule has 0 saturated carbocycles. The second-order valence-corrected chi connectivity index (χ2v) is 5.13. The number of imide groups is 1. The zero-order valence-corrected chi connectivity index (χ0v) is 12.3. The Balaban J connectivity index is 1.93. The molecule has 2 aromatic rings. The molecule has 1 aliphatic rings. The van der Waals surface area contributed by atoms with E-state index in [-0.39, 0.29) is 27.9 Å². The molecular weight excluding hydrogens is 323 g/mol. The lowest BCUT2D eigenvalue weighted by atomic mass is 10.2. The number of para-hydroxylation sites is 2. The van der Waals surface area contributed by atoms with Gasteiger partial charge in [-0.25, -0.2) is 9.29 Å². The second-order valence-electron chi connectivity index (χ2n) is 4.75. The van der Waals surface area contributed by atoms with Gasteiger partial charge in [-0.3, -0.25) is 9.59 Å². The molecule has 0 unspecified atom stereocenters. The number of amides is 2. The van der Waals surface area contributed by atoms with E-state index in [9.17, 15) is 19.1 Å². The van der Waals surface area contributed by atoms with Crippen molar-refractivity contribution in [1.29, 1.82) is 0 Å². The molecular formula is C16H10ClFN2O3. The van der Waals surface area contributed by atoms with Crippen LogP contribution in [0.15, 0.2) is 59.3 Å². The van der Waals surface area contributed by atoms with Crippen LogP contribution in [0.25, 0.3) is 0 Å². The Morgan fingerprint density at radius 2 is 1.65 bits per heavy atom. The van der Waals surface area contributed by atoms with Gasteiger partial charge in [0.25, 0.3) is 11.8 Å². The standard InChI is InChI=1S/C16H10ClFN2O3/c17-13-14(19-11-3-1-2-4-12(11)21)16(23)20(15(13)22)10-7-5-9(18)6-8-10/h1-8,19,21H. The predicted molar refractivity (Wildman–Crippen MR) is 83.5 cm³/mol. The van der Waals surface area contributed by atoms with Gasteiger partial charge in [0.05, 0.1) is 11.4 Å². The second kappa shape index (κ2) is 5.73. The molecule has 2 aromatic carbocycles. The zero-order chi connectivity index (χ0) is 16.6. The number of hydrogen-bond acceptors (Lipinski definition) is 4. The van der Waals surface area contributed by atoms with E-state index in [0.29, 0.717) is 0 Å². The quantitative estimate of drug-likeness (QED) is 0.669. The molecule has 7 heteroatoms. The lowest BCUT2D eigenvalue weighted by Gasteiger charge is -2.15. The van der Waals surface area contributed by atoms with Gasteiger partial charge in [-0.15, -0.1) is 0 Å². The van der Waals surface area contributed by atoms with Crippen molar-refractivity contribution in [1.82, 2.24) is 0 Å². The van der Waals surface area contributed by atoms with Gasteiger partial charge in [-0.2, -0.15) is 0 Å². The van der Waals surface area contributed by atoms with Crippen molar-refractivity contribution in [2.75, 3.05) is 10.2 Å². The molecule has 1 heterocycles. The lowest BCUT2D eigenvalue weighted by Crippen LogP contribution is -2.32. The normalized spacial score (nSPS) is 14.6. The molecule has 23 heavy (non-hydrogen) atoms. The average molecular weight is 333 g/mol. The van der Waals surface area contributed by atoms with Crippen molar-refractivity contribution in [3.05, 3.63) is 65.1 Å². The summed E-state index contributed by atoms with van der Waals surface area (Å²) >= 11 is 5.95. The van der Waals surface area contributed by atoms with E-state index >= 15 is 0 Å². The molecule has 0 spiro atoms. The highest BCUT2D eigenvalue weighted by Crippen LogP contribution is 2.32. The van der Waals surface area contributed by atoms with Crippen LogP contribution in [0.2, 0.25) is 0 Å². The molecule has 5 nitrogen and oxygen atoms in total. The van der Waals surface area contributed by atoms with Gasteiger partial charge in [-0.1, -0.05) is 23.7 Å². The number of carbonyl (C=O) groups is 2.